The molecule has 5 nitrogen and oxygen atoms in total. The standard InChI is InChI=1S/C16H13N3O2S/c20-15(11-2-1-7-19(21)9-11)17-12-5-6-13-14(8-12)22-16(18-13)10-3-4-10/h1-2,5-10H,3-4H2,(H,17,20). The minimum atomic E-state index is -0.295. The molecule has 0 aliphatic heterocycles. The van der Waals surface area contributed by atoms with Gasteiger partial charge in [0.15, 0.2) is 12.4 Å². The number of hydrogen-bond donors (Lipinski definition) is 1. The van der Waals surface area contributed by atoms with Crippen molar-refractivity contribution < 1.29 is 9.52 Å². The summed E-state index contributed by atoms with van der Waals surface area (Å²) in [7, 11) is 0. The molecule has 1 N–H and O–H groups in total. The van der Waals surface area contributed by atoms with Crippen LogP contribution in [0.2, 0.25) is 0 Å². The third-order valence-corrected chi connectivity index (χ3v) is 4.81. The number of pyridine rings is 1. The molecule has 2 heterocycles. The van der Waals surface area contributed by atoms with Gasteiger partial charge >= 0.3 is 0 Å². The number of aromatic nitrogens is 2. The minimum absolute atomic E-state index is 0.295. The van der Waals surface area contributed by atoms with Crippen LogP contribution in [0.3, 0.4) is 0 Å². The van der Waals surface area contributed by atoms with Crippen molar-refractivity contribution in [2.45, 2.75) is 18.8 Å². The van der Waals surface area contributed by atoms with Gasteiger partial charge in [-0.3, -0.25) is 4.79 Å². The van der Waals surface area contributed by atoms with Gasteiger partial charge in [-0.05, 0) is 37.1 Å². The van der Waals surface area contributed by atoms with E-state index in [0.717, 1.165) is 10.2 Å². The van der Waals surface area contributed by atoms with E-state index in [2.05, 4.69) is 10.3 Å². The summed E-state index contributed by atoms with van der Waals surface area (Å²) in [6, 6.07) is 8.86. The van der Waals surface area contributed by atoms with Gasteiger partial charge < -0.3 is 10.5 Å². The first-order chi connectivity index (χ1) is 10.7. The summed E-state index contributed by atoms with van der Waals surface area (Å²) in [5.74, 6) is 0.337. The zero-order valence-corrected chi connectivity index (χ0v) is 12.5. The highest BCUT2D eigenvalue weighted by Gasteiger charge is 2.27. The van der Waals surface area contributed by atoms with Gasteiger partial charge in [-0.15, -0.1) is 11.3 Å². The van der Waals surface area contributed by atoms with Crippen LogP contribution in [0.1, 0.15) is 34.1 Å². The van der Waals surface area contributed by atoms with Gasteiger partial charge in [0.2, 0.25) is 0 Å². The SMILES string of the molecule is O=C(Nc1ccc2nc(C3CC3)sc2c1)c1ccc[n+]([O-])c1. The van der Waals surface area contributed by atoms with Crippen LogP contribution in [0.15, 0.2) is 42.7 Å². The Balaban J connectivity index is 1.59. The maximum absolute atomic E-state index is 12.2. The van der Waals surface area contributed by atoms with E-state index in [1.54, 1.807) is 23.5 Å². The van der Waals surface area contributed by atoms with Crippen LogP contribution in [-0.4, -0.2) is 10.9 Å². The topological polar surface area (TPSA) is 68.9 Å². The van der Waals surface area contributed by atoms with E-state index >= 15 is 0 Å². The Labute approximate surface area is 130 Å². The molecule has 0 bridgehead atoms. The van der Waals surface area contributed by atoms with Crippen LogP contribution >= 0.6 is 11.3 Å². The third-order valence-electron chi connectivity index (χ3n) is 3.63. The first kappa shape index (κ1) is 13.2. The number of hydrogen-bond acceptors (Lipinski definition) is 4. The van der Waals surface area contributed by atoms with Crippen molar-refractivity contribution in [2.24, 2.45) is 0 Å². The second kappa shape index (κ2) is 5.06. The predicted octanol–water partition coefficient (Wildman–Crippen LogP) is 3.06. The second-order valence-electron chi connectivity index (χ2n) is 5.42. The molecule has 3 aromatic rings. The maximum atomic E-state index is 12.2. The van der Waals surface area contributed by atoms with Gasteiger partial charge in [0, 0.05) is 17.7 Å². The van der Waals surface area contributed by atoms with E-state index in [-0.39, 0.29) is 5.91 Å². The molecule has 1 aromatic carbocycles. The predicted molar refractivity (Wildman–Crippen MR) is 85.0 cm³/mol. The summed E-state index contributed by atoms with van der Waals surface area (Å²) in [6.45, 7) is 0. The largest absolute Gasteiger partial charge is 0.619 e. The fourth-order valence-corrected chi connectivity index (χ4v) is 3.49. The number of rotatable bonds is 3. The van der Waals surface area contributed by atoms with Crippen LogP contribution in [0.4, 0.5) is 5.69 Å². The van der Waals surface area contributed by atoms with Crippen LogP contribution in [-0.2, 0) is 0 Å². The summed E-state index contributed by atoms with van der Waals surface area (Å²) in [5, 5.41) is 15.2. The fraction of sp³-hybridized carbons (Fsp3) is 0.188. The molecular formula is C16H13N3O2S. The molecular weight excluding hydrogens is 298 g/mol. The molecule has 1 fully saturated rings. The Morgan fingerprint density at radius 3 is 3.00 bits per heavy atom. The maximum Gasteiger partial charge on any atom is 0.261 e. The van der Waals surface area contributed by atoms with E-state index in [0.29, 0.717) is 21.9 Å². The number of amides is 1. The van der Waals surface area contributed by atoms with Crippen molar-refractivity contribution >= 4 is 33.1 Å². The number of carbonyl (C=O) groups excluding carboxylic acids is 1. The summed E-state index contributed by atoms with van der Waals surface area (Å²) < 4.78 is 1.69. The van der Waals surface area contributed by atoms with E-state index < -0.39 is 0 Å². The number of nitrogens with zero attached hydrogens (tertiary/aromatic N) is 2. The van der Waals surface area contributed by atoms with Crippen molar-refractivity contribution in [3.63, 3.8) is 0 Å². The van der Waals surface area contributed by atoms with Crippen molar-refractivity contribution in [3.8, 4) is 0 Å². The average Bonchev–Trinajstić information content (AvgIpc) is 3.27. The molecule has 0 radical (unpaired) electrons. The van der Waals surface area contributed by atoms with Gasteiger partial charge in [-0.2, -0.15) is 4.73 Å². The van der Waals surface area contributed by atoms with Gasteiger partial charge in [0.1, 0.15) is 5.56 Å². The number of carbonyl (C=O) groups is 1. The molecule has 1 aliphatic rings. The highest BCUT2D eigenvalue weighted by molar-refractivity contribution is 7.18. The van der Waals surface area contributed by atoms with Crippen LogP contribution in [0.5, 0.6) is 0 Å². The third kappa shape index (κ3) is 2.53. The Morgan fingerprint density at radius 1 is 1.36 bits per heavy atom. The number of anilines is 1. The first-order valence-electron chi connectivity index (χ1n) is 7.10. The van der Waals surface area contributed by atoms with Gasteiger partial charge in [-0.1, -0.05) is 0 Å². The molecule has 2 aromatic heterocycles. The molecule has 1 saturated carbocycles. The lowest BCUT2D eigenvalue weighted by Gasteiger charge is -2.04. The summed E-state index contributed by atoms with van der Waals surface area (Å²) in [4.78, 5) is 16.8. The van der Waals surface area contributed by atoms with E-state index in [1.165, 1.54) is 30.2 Å². The number of benzene rings is 1. The summed E-state index contributed by atoms with van der Waals surface area (Å²) >= 11 is 1.69. The highest BCUT2D eigenvalue weighted by atomic mass is 32.1. The Morgan fingerprint density at radius 2 is 2.23 bits per heavy atom. The molecule has 22 heavy (non-hydrogen) atoms. The van der Waals surface area contributed by atoms with Crippen LogP contribution in [0, 0.1) is 5.21 Å². The van der Waals surface area contributed by atoms with Gasteiger partial charge in [-0.25, -0.2) is 4.98 Å². The second-order valence-corrected chi connectivity index (χ2v) is 6.48. The smallest absolute Gasteiger partial charge is 0.261 e. The summed E-state index contributed by atoms with van der Waals surface area (Å²) in [5.41, 5.74) is 2.02. The van der Waals surface area contributed by atoms with E-state index in [1.807, 2.05) is 18.2 Å². The normalized spacial score (nSPS) is 14.2. The fourth-order valence-electron chi connectivity index (χ4n) is 2.32. The molecule has 0 saturated heterocycles. The number of fused-ring (bicyclic) bond motifs is 1. The zero-order valence-electron chi connectivity index (χ0n) is 11.7. The molecule has 0 atom stereocenters. The summed E-state index contributed by atoms with van der Waals surface area (Å²) in [6.07, 6.45) is 5.06. The zero-order chi connectivity index (χ0) is 15.1. The molecule has 110 valence electrons. The Bertz CT molecular complexity index is 871. The van der Waals surface area contributed by atoms with E-state index in [4.69, 9.17) is 0 Å². The Hall–Kier alpha value is -2.47. The van der Waals surface area contributed by atoms with E-state index in [9.17, 15) is 10.0 Å². The van der Waals surface area contributed by atoms with Crippen molar-refractivity contribution in [1.82, 2.24) is 4.98 Å². The highest BCUT2D eigenvalue weighted by Crippen LogP contribution is 2.43. The van der Waals surface area contributed by atoms with Crippen LogP contribution in [0.25, 0.3) is 10.2 Å². The lowest BCUT2D eigenvalue weighted by atomic mass is 10.2. The molecule has 1 amide bonds. The quantitative estimate of drug-likeness (QED) is 0.597. The lowest BCUT2D eigenvalue weighted by Crippen LogP contribution is -2.27. The van der Waals surface area contributed by atoms with Gasteiger partial charge in [0.25, 0.3) is 5.91 Å². The average molecular weight is 311 g/mol. The number of thiazole rings is 1. The Kier molecular flexibility index (Phi) is 3.04. The molecule has 0 unspecified atom stereocenters. The molecule has 1 aliphatic carbocycles. The molecule has 6 heteroatoms. The number of nitrogens with one attached hydrogen (secondary N) is 1. The van der Waals surface area contributed by atoms with Crippen molar-refractivity contribution in [3.05, 3.63) is 58.5 Å². The first-order valence-corrected chi connectivity index (χ1v) is 7.91. The molecule has 4 rings (SSSR count). The van der Waals surface area contributed by atoms with Gasteiger partial charge in [0.05, 0.1) is 15.2 Å². The van der Waals surface area contributed by atoms with Crippen molar-refractivity contribution in [2.75, 3.05) is 5.32 Å². The van der Waals surface area contributed by atoms with Crippen LogP contribution < -0.4 is 10.0 Å². The minimum Gasteiger partial charge on any atom is -0.619 e. The lowest BCUT2D eigenvalue weighted by molar-refractivity contribution is -0.605. The van der Waals surface area contributed by atoms with Crippen molar-refractivity contribution in [1.29, 1.82) is 0 Å². The molecule has 0 spiro atoms. The monoisotopic (exact) mass is 311 g/mol.